The fraction of sp³-hybridized carbons (Fsp3) is 0.125. The van der Waals surface area contributed by atoms with Crippen LogP contribution in [0.3, 0.4) is 0 Å². The third kappa shape index (κ3) is 2.43. The number of nitrogens with zero attached hydrogens (tertiary/aromatic N) is 2. The molecule has 0 aliphatic rings. The predicted molar refractivity (Wildman–Crippen MR) is 54.3 cm³/mol. The van der Waals surface area contributed by atoms with Gasteiger partial charge in [-0.15, -0.1) is 0 Å². The minimum atomic E-state index is -0.519. The molecule has 1 N–H and O–H groups in total. The number of nitro groups is 1. The van der Waals surface area contributed by atoms with E-state index in [1.165, 1.54) is 12.1 Å². The maximum atomic E-state index is 10.6. The molecule has 0 saturated heterocycles. The molecule has 1 heterocycles. The zero-order valence-corrected chi connectivity index (χ0v) is 8.15. The van der Waals surface area contributed by atoms with Gasteiger partial charge in [0.25, 0.3) is 0 Å². The highest BCUT2D eigenvalue weighted by Crippen LogP contribution is 2.23. The molecule has 0 aromatic carbocycles. The molecule has 0 aliphatic heterocycles. The fourth-order valence-electron chi connectivity index (χ4n) is 0.844. The molecule has 1 aromatic heterocycles. The normalized spacial score (nSPS) is 10.4. The quantitative estimate of drug-likeness (QED) is 0.476. The molecule has 1 rings (SSSR count). The Morgan fingerprint density at radius 3 is 2.93 bits per heavy atom. The van der Waals surface area contributed by atoms with Crippen molar-refractivity contribution in [1.82, 2.24) is 4.98 Å². The van der Waals surface area contributed by atoms with Crippen LogP contribution >= 0.6 is 11.6 Å². The Balaban J connectivity index is 3.09. The SMILES string of the molecule is C/C=C\Nc1nc(Cl)ccc1[N+](=O)[O-]. The van der Waals surface area contributed by atoms with Gasteiger partial charge in [-0.3, -0.25) is 10.1 Å². The molecule has 0 spiro atoms. The topological polar surface area (TPSA) is 68.1 Å². The van der Waals surface area contributed by atoms with E-state index in [2.05, 4.69) is 10.3 Å². The van der Waals surface area contributed by atoms with E-state index in [9.17, 15) is 10.1 Å². The first kappa shape index (κ1) is 10.5. The third-order valence-electron chi connectivity index (χ3n) is 1.42. The van der Waals surface area contributed by atoms with Crippen LogP contribution in [0.5, 0.6) is 0 Å². The van der Waals surface area contributed by atoms with E-state index >= 15 is 0 Å². The number of pyridine rings is 1. The van der Waals surface area contributed by atoms with E-state index in [1.807, 2.05) is 0 Å². The summed E-state index contributed by atoms with van der Waals surface area (Å²) in [6.45, 7) is 1.78. The van der Waals surface area contributed by atoms with E-state index in [0.717, 1.165) is 0 Å². The van der Waals surface area contributed by atoms with Crippen molar-refractivity contribution < 1.29 is 4.92 Å². The predicted octanol–water partition coefficient (Wildman–Crippen LogP) is 2.59. The van der Waals surface area contributed by atoms with Gasteiger partial charge in [0.15, 0.2) is 0 Å². The Bertz CT molecular complexity index is 379. The van der Waals surface area contributed by atoms with Crippen molar-refractivity contribution in [1.29, 1.82) is 0 Å². The second-order valence-corrected chi connectivity index (χ2v) is 2.79. The van der Waals surface area contributed by atoms with Gasteiger partial charge in [0.05, 0.1) is 4.92 Å². The van der Waals surface area contributed by atoms with Crippen molar-refractivity contribution in [2.45, 2.75) is 6.92 Å². The summed E-state index contributed by atoms with van der Waals surface area (Å²) in [6.07, 6.45) is 3.25. The Labute approximate surface area is 85.6 Å². The average Bonchev–Trinajstić information content (AvgIpc) is 2.14. The second kappa shape index (κ2) is 4.57. The lowest BCUT2D eigenvalue weighted by Gasteiger charge is -2.00. The van der Waals surface area contributed by atoms with Crippen molar-refractivity contribution in [3.8, 4) is 0 Å². The van der Waals surface area contributed by atoms with Crippen molar-refractivity contribution in [3.05, 3.63) is 39.7 Å². The maximum Gasteiger partial charge on any atom is 0.311 e. The summed E-state index contributed by atoms with van der Waals surface area (Å²) in [6, 6.07) is 2.68. The number of nitrogens with one attached hydrogen (secondary N) is 1. The highest BCUT2D eigenvalue weighted by Gasteiger charge is 2.14. The lowest BCUT2D eigenvalue weighted by Crippen LogP contribution is -1.98. The summed E-state index contributed by atoms with van der Waals surface area (Å²) in [5.74, 6) is 0.139. The van der Waals surface area contributed by atoms with Gasteiger partial charge in [-0.25, -0.2) is 4.98 Å². The van der Waals surface area contributed by atoms with Crippen LogP contribution < -0.4 is 5.32 Å². The van der Waals surface area contributed by atoms with Gasteiger partial charge in [0.1, 0.15) is 5.15 Å². The Morgan fingerprint density at radius 2 is 2.36 bits per heavy atom. The van der Waals surface area contributed by atoms with Crippen molar-refractivity contribution in [2.75, 3.05) is 5.32 Å². The molecule has 1 aromatic rings. The van der Waals surface area contributed by atoms with Crippen LogP contribution in [0.4, 0.5) is 11.5 Å². The van der Waals surface area contributed by atoms with Crippen LogP contribution in [-0.4, -0.2) is 9.91 Å². The summed E-state index contributed by atoms with van der Waals surface area (Å²) >= 11 is 5.60. The van der Waals surface area contributed by atoms with Gasteiger partial charge in [-0.2, -0.15) is 0 Å². The molecule has 0 radical (unpaired) electrons. The number of anilines is 1. The largest absolute Gasteiger partial charge is 0.341 e. The van der Waals surface area contributed by atoms with E-state index in [1.54, 1.807) is 19.2 Å². The van der Waals surface area contributed by atoms with Crippen LogP contribution in [0.2, 0.25) is 5.15 Å². The average molecular weight is 214 g/mol. The first-order chi connectivity index (χ1) is 6.65. The highest BCUT2D eigenvalue weighted by atomic mass is 35.5. The smallest absolute Gasteiger partial charge is 0.311 e. The van der Waals surface area contributed by atoms with Gasteiger partial charge in [0.2, 0.25) is 5.82 Å². The van der Waals surface area contributed by atoms with Gasteiger partial charge in [-0.05, 0) is 19.2 Å². The first-order valence-electron chi connectivity index (χ1n) is 3.83. The summed E-state index contributed by atoms with van der Waals surface area (Å²) in [7, 11) is 0. The molecule has 0 fully saturated rings. The minimum absolute atomic E-state index is 0.104. The summed E-state index contributed by atoms with van der Waals surface area (Å²) in [4.78, 5) is 13.8. The molecule has 6 heteroatoms. The van der Waals surface area contributed by atoms with Crippen LogP contribution in [0.1, 0.15) is 6.92 Å². The van der Waals surface area contributed by atoms with Gasteiger partial charge < -0.3 is 5.32 Å². The zero-order chi connectivity index (χ0) is 10.6. The lowest BCUT2D eigenvalue weighted by atomic mass is 10.4. The molecule has 14 heavy (non-hydrogen) atoms. The van der Waals surface area contributed by atoms with Crippen LogP contribution in [0.15, 0.2) is 24.4 Å². The van der Waals surface area contributed by atoms with Crippen LogP contribution in [-0.2, 0) is 0 Å². The molecule has 0 bridgehead atoms. The van der Waals surface area contributed by atoms with Crippen molar-refractivity contribution in [2.24, 2.45) is 0 Å². The van der Waals surface area contributed by atoms with Gasteiger partial charge in [0, 0.05) is 6.07 Å². The lowest BCUT2D eigenvalue weighted by molar-refractivity contribution is -0.384. The van der Waals surface area contributed by atoms with Crippen molar-refractivity contribution >= 4 is 23.1 Å². The Hall–Kier alpha value is -1.62. The molecule has 5 nitrogen and oxygen atoms in total. The number of allylic oxidation sites excluding steroid dienone is 1. The molecule has 74 valence electrons. The van der Waals surface area contributed by atoms with E-state index in [4.69, 9.17) is 11.6 Å². The number of hydrogen-bond donors (Lipinski definition) is 1. The molecular weight excluding hydrogens is 206 g/mol. The summed E-state index contributed by atoms with van der Waals surface area (Å²) in [5.41, 5.74) is -0.104. The van der Waals surface area contributed by atoms with Crippen molar-refractivity contribution in [3.63, 3.8) is 0 Å². The zero-order valence-electron chi connectivity index (χ0n) is 7.40. The monoisotopic (exact) mass is 213 g/mol. The van der Waals surface area contributed by atoms with Gasteiger partial charge in [-0.1, -0.05) is 17.7 Å². The molecule has 0 atom stereocenters. The number of rotatable bonds is 3. The maximum absolute atomic E-state index is 10.6. The molecule has 0 aliphatic carbocycles. The van der Waals surface area contributed by atoms with E-state index in [-0.39, 0.29) is 16.7 Å². The number of halogens is 1. The highest BCUT2D eigenvalue weighted by molar-refractivity contribution is 6.29. The molecule has 0 amide bonds. The van der Waals surface area contributed by atoms with E-state index < -0.39 is 4.92 Å². The Morgan fingerprint density at radius 1 is 1.64 bits per heavy atom. The van der Waals surface area contributed by atoms with Crippen LogP contribution in [0, 0.1) is 10.1 Å². The standard InChI is InChI=1S/C8H8ClN3O2/c1-2-5-10-8-6(12(13)14)3-4-7(9)11-8/h2-5H,1H3,(H,10,11)/b5-2-. The summed E-state index contributed by atoms with van der Waals surface area (Å²) in [5, 5.41) is 13.4. The third-order valence-corrected chi connectivity index (χ3v) is 1.63. The van der Waals surface area contributed by atoms with E-state index in [0.29, 0.717) is 0 Å². The number of hydrogen-bond acceptors (Lipinski definition) is 4. The summed E-state index contributed by atoms with van der Waals surface area (Å²) < 4.78 is 0. The first-order valence-corrected chi connectivity index (χ1v) is 4.21. The van der Waals surface area contributed by atoms with Crippen LogP contribution in [0.25, 0.3) is 0 Å². The fourth-order valence-corrected chi connectivity index (χ4v) is 0.991. The molecule has 0 saturated carbocycles. The number of aromatic nitrogens is 1. The molecular formula is C8H8ClN3O2. The minimum Gasteiger partial charge on any atom is -0.341 e. The molecule has 0 unspecified atom stereocenters. The Kier molecular flexibility index (Phi) is 3.41. The van der Waals surface area contributed by atoms with Gasteiger partial charge >= 0.3 is 5.69 Å². The second-order valence-electron chi connectivity index (χ2n) is 2.40.